The van der Waals surface area contributed by atoms with Crippen LogP contribution in [-0.2, 0) is 20.7 Å². The molecule has 2 aromatic rings. The van der Waals surface area contributed by atoms with Crippen LogP contribution in [0.5, 0.6) is 11.5 Å². The standard InChI is InChI=1S/C30H38N2O5/c1-4-35-26-14-13-22(18-27(26)36-5-2)15-16-31-29(33)20-32-24-11-6-7-12-25(24)37-28(30(32)34)19-23-10-8-9-21(3)17-23/h8-10,13-14,17-19,24-25H,4-7,11-12,15-16,20H2,1-3H3,(H,31,33)/b28-19+. The largest absolute Gasteiger partial charge is 0.490 e. The van der Waals surface area contributed by atoms with Gasteiger partial charge in [0.1, 0.15) is 12.6 Å². The molecule has 0 spiro atoms. The number of benzene rings is 2. The zero-order valence-corrected chi connectivity index (χ0v) is 22.1. The van der Waals surface area contributed by atoms with E-state index in [0.29, 0.717) is 37.7 Å². The van der Waals surface area contributed by atoms with Crippen molar-refractivity contribution in [1.82, 2.24) is 10.2 Å². The van der Waals surface area contributed by atoms with Gasteiger partial charge in [-0.05, 0) is 75.8 Å². The van der Waals surface area contributed by atoms with E-state index in [1.165, 1.54) is 0 Å². The Morgan fingerprint density at radius 3 is 2.65 bits per heavy atom. The average Bonchev–Trinajstić information content (AvgIpc) is 2.88. The highest BCUT2D eigenvalue weighted by molar-refractivity contribution is 5.98. The minimum Gasteiger partial charge on any atom is -0.490 e. The molecule has 7 nitrogen and oxygen atoms in total. The molecule has 1 N–H and O–H groups in total. The van der Waals surface area contributed by atoms with Crippen molar-refractivity contribution in [3.8, 4) is 11.5 Å². The average molecular weight is 507 g/mol. The lowest BCUT2D eigenvalue weighted by Gasteiger charge is -2.44. The lowest BCUT2D eigenvalue weighted by atomic mass is 9.89. The maximum Gasteiger partial charge on any atom is 0.289 e. The minimum atomic E-state index is -0.215. The van der Waals surface area contributed by atoms with Crippen LogP contribution in [0.3, 0.4) is 0 Å². The van der Waals surface area contributed by atoms with Crippen molar-refractivity contribution >= 4 is 17.9 Å². The highest BCUT2D eigenvalue weighted by Crippen LogP contribution is 2.33. The van der Waals surface area contributed by atoms with Crippen molar-refractivity contribution in [1.29, 1.82) is 0 Å². The third-order valence-electron chi connectivity index (χ3n) is 6.82. The van der Waals surface area contributed by atoms with E-state index in [9.17, 15) is 9.59 Å². The molecule has 1 saturated heterocycles. The molecule has 2 aromatic carbocycles. The zero-order chi connectivity index (χ0) is 26.2. The summed E-state index contributed by atoms with van der Waals surface area (Å²) in [4.78, 5) is 28.1. The zero-order valence-electron chi connectivity index (χ0n) is 22.1. The number of amides is 2. The van der Waals surface area contributed by atoms with Gasteiger partial charge in [0.2, 0.25) is 5.91 Å². The van der Waals surface area contributed by atoms with Gasteiger partial charge in [-0.2, -0.15) is 0 Å². The van der Waals surface area contributed by atoms with Crippen LogP contribution in [0.4, 0.5) is 0 Å². The fourth-order valence-electron chi connectivity index (χ4n) is 5.08. The topological polar surface area (TPSA) is 77.1 Å². The highest BCUT2D eigenvalue weighted by Gasteiger charge is 2.42. The lowest BCUT2D eigenvalue weighted by molar-refractivity contribution is -0.151. The third-order valence-corrected chi connectivity index (χ3v) is 6.82. The van der Waals surface area contributed by atoms with Crippen molar-refractivity contribution in [3.05, 3.63) is 64.9 Å². The molecule has 1 heterocycles. The quantitative estimate of drug-likeness (QED) is 0.474. The summed E-state index contributed by atoms with van der Waals surface area (Å²) in [5, 5.41) is 2.99. The molecule has 2 fully saturated rings. The monoisotopic (exact) mass is 506 g/mol. The number of rotatable bonds is 10. The fourth-order valence-corrected chi connectivity index (χ4v) is 5.08. The van der Waals surface area contributed by atoms with Crippen molar-refractivity contribution < 1.29 is 23.8 Å². The number of fused-ring (bicyclic) bond motifs is 1. The molecule has 7 heteroatoms. The number of hydrogen-bond donors (Lipinski definition) is 1. The van der Waals surface area contributed by atoms with E-state index in [2.05, 4.69) is 5.32 Å². The molecule has 198 valence electrons. The summed E-state index contributed by atoms with van der Waals surface area (Å²) < 4.78 is 17.5. The molecule has 0 aromatic heterocycles. The van der Waals surface area contributed by atoms with E-state index in [-0.39, 0.29) is 30.5 Å². The van der Waals surface area contributed by atoms with Gasteiger partial charge in [-0.1, -0.05) is 42.3 Å². The molecule has 2 unspecified atom stereocenters. The number of ether oxygens (including phenoxy) is 3. The molecule has 0 bridgehead atoms. The molecular weight excluding hydrogens is 468 g/mol. The van der Waals surface area contributed by atoms with Crippen LogP contribution in [0.25, 0.3) is 6.08 Å². The van der Waals surface area contributed by atoms with Gasteiger partial charge in [0.25, 0.3) is 5.91 Å². The van der Waals surface area contributed by atoms with Crippen LogP contribution < -0.4 is 14.8 Å². The first-order valence-electron chi connectivity index (χ1n) is 13.4. The van der Waals surface area contributed by atoms with E-state index >= 15 is 0 Å². The molecule has 2 amide bonds. The maximum atomic E-state index is 13.4. The Morgan fingerprint density at radius 2 is 1.86 bits per heavy atom. The molecule has 0 radical (unpaired) electrons. The number of hydrogen-bond acceptors (Lipinski definition) is 5. The lowest BCUT2D eigenvalue weighted by Crippen LogP contribution is -2.57. The van der Waals surface area contributed by atoms with Gasteiger partial charge in [0.15, 0.2) is 17.3 Å². The number of nitrogens with one attached hydrogen (secondary N) is 1. The number of nitrogens with zero attached hydrogens (tertiary/aromatic N) is 1. The fraction of sp³-hybridized carbons (Fsp3) is 0.467. The Morgan fingerprint density at radius 1 is 1.08 bits per heavy atom. The van der Waals surface area contributed by atoms with Gasteiger partial charge in [-0.3, -0.25) is 9.59 Å². The van der Waals surface area contributed by atoms with Crippen molar-refractivity contribution in [2.75, 3.05) is 26.3 Å². The number of carbonyl (C=O) groups excluding carboxylic acids is 2. The van der Waals surface area contributed by atoms with Crippen molar-refractivity contribution in [2.24, 2.45) is 0 Å². The summed E-state index contributed by atoms with van der Waals surface area (Å²) >= 11 is 0. The van der Waals surface area contributed by atoms with Crippen LogP contribution in [0.15, 0.2) is 48.2 Å². The first kappa shape index (κ1) is 26.6. The Labute approximate surface area is 219 Å². The van der Waals surface area contributed by atoms with E-state index in [4.69, 9.17) is 14.2 Å². The van der Waals surface area contributed by atoms with E-state index < -0.39 is 0 Å². The summed E-state index contributed by atoms with van der Waals surface area (Å²) in [6, 6.07) is 13.7. The first-order chi connectivity index (χ1) is 18.0. The van der Waals surface area contributed by atoms with E-state index in [1.54, 1.807) is 11.0 Å². The number of carbonyl (C=O) groups is 2. The van der Waals surface area contributed by atoms with Crippen LogP contribution >= 0.6 is 0 Å². The Balaban J connectivity index is 1.39. The van der Waals surface area contributed by atoms with Crippen LogP contribution in [0.1, 0.15) is 56.2 Å². The summed E-state index contributed by atoms with van der Waals surface area (Å²) in [6.07, 6.45) is 6.23. The summed E-state index contributed by atoms with van der Waals surface area (Å²) in [5.41, 5.74) is 3.08. The second-order valence-electron chi connectivity index (χ2n) is 9.61. The van der Waals surface area contributed by atoms with Gasteiger partial charge in [0.05, 0.1) is 19.3 Å². The second kappa shape index (κ2) is 12.7. The highest BCUT2D eigenvalue weighted by atomic mass is 16.5. The van der Waals surface area contributed by atoms with Gasteiger partial charge in [0, 0.05) is 6.54 Å². The first-order valence-corrected chi connectivity index (χ1v) is 13.4. The van der Waals surface area contributed by atoms with Gasteiger partial charge in [-0.25, -0.2) is 0 Å². The molecule has 1 saturated carbocycles. The smallest absolute Gasteiger partial charge is 0.289 e. The third kappa shape index (κ3) is 6.85. The molecule has 2 aliphatic rings. The predicted molar refractivity (Wildman–Crippen MR) is 143 cm³/mol. The van der Waals surface area contributed by atoms with E-state index in [0.717, 1.165) is 48.1 Å². The molecule has 1 aliphatic carbocycles. The Hall–Kier alpha value is -3.48. The number of morpholine rings is 1. The van der Waals surface area contributed by atoms with Gasteiger partial charge < -0.3 is 24.4 Å². The van der Waals surface area contributed by atoms with Crippen LogP contribution in [-0.4, -0.2) is 55.2 Å². The summed E-state index contributed by atoms with van der Waals surface area (Å²) in [6.45, 7) is 7.52. The molecule has 2 atom stereocenters. The summed E-state index contributed by atoms with van der Waals surface area (Å²) in [7, 11) is 0. The maximum absolute atomic E-state index is 13.4. The van der Waals surface area contributed by atoms with Gasteiger partial charge >= 0.3 is 0 Å². The van der Waals surface area contributed by atoms with Crippen LogP contribution in [0.2, 0.25) is 0 Å². The Kier molecular flexibility index (Phi) is 9.09. The molecule has 37 heavy (non-hydrogen) atoms. The van der Waals surface area contributed by atoms with Gasteiger partial charge in [-0.15, -0.1) is 0 Å². The predicted octanol–water partition coefficient (Wildman–Crippen LogP) is 4.66. The SMILES string of the molecule is CCOc1ccc(CCNC(=O)CN2C(=O)/C(=C\c3cccc(C)c3)OC3CCCCC32)cc1OCC. The Bertz CT molecular complexity index is 1130. The van der Waals surface area contributed by atoms with Crippen molar-refractivity contribution in [2.45, 2.75) is 65.0 Å². The minimum absolute atomic E-state index is 0.0298. The second-order valence-corrected chi connectivity index (χ2v) is 9.61. The van der Waals surface area contributed by atoms with Crippen LogP contribution in [0, 0.1) is 6.92 Å². The normalized spacial score (nSPS) is 20.2. The molecule has 4 rings (SSSR count). The summed E-state index contributed by atoms with van der Waals surface area (Å²) in [5.74, 6) is 1.38. The number of aryl methyl sites for hydroxylation is 1. The van der Waals surface area contributed by atoms with Crippen molar-refractivity contribution in [3.63, 3.8) is 0 Å². The molecular formula is C30H38N2O5. The van der Waals surface area contributed by atoms with E-state index in [1.807, 2.05) is 63.2 Å². The molecule has 1 aliphatic heterocycles.